The van der Waals surface area contributed by atoms with Gasteiger partial charge in [0.05, 0.1) is 6.10 Å². The third-order valence-electron chi connectivity index (χ3n) is 9.44. The van der Waals surface area contributed by atoms with Gasteiger partial charge in [-0.1, -0.05) is 13.8 Å². The molecule has 1 unspecified atom stereocenters. The van der Waals surface area contributed by atoms with Gasteiger partial charge in [-0.3, -0.25) is 4.79 Å². The molecule has 2 nitrogen and oxygen atoms in total. The number of Topliss-reactive ketones (excluding diaryl/α,β-unsaturated/α-hetero) is 1. The highest BCUT2D eigenvalue weighted by Crippen LogP contribution is 2.67. The summed E-state index contributed by atoms with van der Waals surface area (Å²) in [5.74, 6) is 4.26. The molecule has 8 atom stereocenters. The minimum Gasteiger partial charge on any atom is -0.381 e. The van der Waals surface area contributed by atoms with Gasteiger partial charge >= 0.3 is 0 Å². The Morgan fingerprint density at radius 3 is 2.33 bits per heavy atom. The van der Waals surface area contributed by atoms with E-state index in [4.69, 9.17) is 4.74 Å². The Balaban J connectivity index is 1.59. The van der Waals surface area contributed by atoms with Crippen LogP contribution >= 0.6 is 0 Å². The van der Waals surface area contributed by atoms with Gasteiger partial charge in [-0.15, -0.1) is 0 Å². The van der Waals surface area contributed by atoms with E-state index in [1.54, 1.807) is 0 Å². The summed E-state index contributed by atoms with van der Waals surface area (Å²) in [6, 6.07) is 0. The maximum Gasteiger partial charge on any atom is 0.133 e. The lowest BCUT2D eigenvalue weighted by Crippen LogP contribution is -2.54. The fourth-order valence-electron chi connectivity index (χ4n) is 8.10. The molecule has 2 heteroatoms. The van der Waals surface area contributed by atoms with Gasteiger partial charge in [0.15, 0.2) is 0 Å². The van der Waals surface area contributed by atoms with Crippen molar-refractivity contribution in [3.8, 4) is 0 Å². The molecule has 4 fully saturated rings. The van der Waals surface area contributed by atoms with Crippen molar-refractivity contribution in [3.63, 3.8) is 0 Å². The molecule has 24 heavy (non-hydrogen) atoms. The summed E-state index contributed by atoms with van der Waals surface area (Å²) in [5.41, 5.74) is 0.841. The molecule has 0 radical (unpaired) electrons. The summed E-state index contributed by atoms with van der Waals surface area (Å²) < 4.78 is 5.71. The molecule has 4 aliphatic rings. The van der Waals surface area contributed by atoms with E-state index in [-0.39, 0.29) is 0 Å². The van der Waals surface area contributed by atoms with Crippen LogP contribution in [0.5, 0.6) is 0 Å². The summed E-state index contributed by atoms with van der Waals surface area (Å²) in [5, 5.41) is 0. The highest BCUT2D eigenvalue weighted by molar-refractivity contribution is 5.79. The second kappa shape index (κ2) is 5.83. The number of rotatable bonds is 2. The first-order chi connectivity index (χ1) is 11.4. The topological polar surface area (TPSA) is 26.3 Å². The molecular weight excluding hydrogens is 296 g/mol. The predicted molar refractivity (Wildman–Crippen MR) is 96.7 cm³/mol. The summed E-state index contributed by atoms with van der Waals surface area (Å²) in [4.78, 5) is 12.2. The molecule has 4 saturated carbocycles. The molecule has 0 N–H and O–H groups in total. The molecule has 4 aliphatic carbocycles. The summed E-state index contributed by atoms with van der Waals surface area (Å²) in [6.45, 7) is 6.91. The predicted octanol–water partition coefficient (Wildman–Crippen LogP) is 5.25. The largest absolute Gasteiger partial charge is 0.381 e. The van der Waals surface area contributed by atoms with Crippen LogP contribution in [0.25, 0.3) is 0 Å². The lowest BCUT2D eigenvalue weighted by molar-refractivity contribution is -0.140. The van der Waals surface area contributed by atoms with E-state index in [9.17, 15) is 4.79 Å². The van der Waals surface area contributed by atoms with Crippen molar-refractivity contribution in [2.24, 2.45) is 40.4 Å². The number of carbonyl (C=O) groups is 1. The molecule has 0 heterocycles. The van der Waals surface area contributed by atoms with Crippen molar-refractivity contribution in [2.45, 2.75) is 84.7 Å². The van der Waals surface area contributed by atoms with Gasteiger partial charge in [0.25, 0.3) is 0 Å². The van der Waals surface area contributed by atoms with Gasteiger partial charge in [-0.05, 0) is 99.2 Å². The van der Waals surface area contributed by atoms with Crippen molar-refractivity contribution in [3.05, 3.63) is 0 Å². The summed E-state index contributed by atoms with van der Waals surface area (Å²) in [7, 11) is 1.89. The molecule has 136 valence electrons. The van der Waals surface area contributed by atoms with Gasteiger partial charge in [0, 0.05) is 13.0 Å². The van der Waals surface area contributed by atoms with Crippen molar-refractivity contribution in [1.29, 1.82) is 0 Å². The molecule has 4 rings (SSSR count). The Labute approximate surface area is 148 Å². The molecule has 0 aromatic rings. The normalized spacial score (nSPS) is 53.8. The molecule has 0 spiro atoms. The van der Waals surface area contributed by atoms with Gasteiger partial charge in [-0.2, -0.15) is 0 Å². The second-order valence-electron chi connectivity index (χ2n) is 10.1. The number of carbonyl (C=O) groups excluding carboxylic acids is 1. The quantitative estimate of drug-likeness (QED) is 0.690. The molecule has 0 aromatic carbocycles. The highest BCUT2D eigenvalue weighted by atomic mass is 16.5. The first-order valence-corrected chi connectivity index (χ1v) is 10.4. The standard InChI is InChI=1S/C22H36O2/c1-14(23)18-7-8-19-17-6-5-15-13-16(24-4)9-11-21(15,2)20(17)10-12-22(18,19)3/h15-20H,5-13H2,1-4H3/t15-,16?,17-,18+,19-,20-,21-,22+/m0/s1. The SMILES string of the molecule is COC1CC[C@@]2(C)[C@@H](CC[C@@H]3[C@@H]2CC[C@]2(C)[C@@H](C(C)=O)CC[C@@H]32)C1. The van der Waals surface area contributed by atoms with E-state index >= 15 is 0 Å². The van der Waals surface area contributed by atoms with Crippen LogP contribution in [0.15, 0.2) is 0 Å². The van der Waals surface area contributed by atoms with Crippen molar-refractivity contribution in [1.82, 2.24) is 0 Å². The number of methoxy groups -OCH3 is 1. The average molecular weight is 333 g/mol. The zero-order chi connectivity index (χ0) is 17.1. The molecular formula is C22H36O2. The van der Waals surface area contributed by atoms with Gasteiger partial charge < -0.3 is 4.74 Å². The van der Waals surface area contributed by atoms with Gasteiger partial charge in [0.1, 0.15) is 5.78 Å². The number of ketones is 1. The van der Waals surface area contributed by atoms with Gasteiger partial charge in [0.2, 0.25) is 0 Å². The number of fused-ring (bicyclic) bond motifs is 5. The molecule has 0 amide bonds. The maximum absolute atomic E-state index is 12.2. The van der Waals surface area contributed by atoms with Gasteiger partial charge in [-0.25, -0.2) is 0 Å². The maximum atomic E-state index is 12.2. The highest BCUT2D eigenvalue weighted by Gasteiger charge is 2.60. The van der Waals surface area contributed by atoms with Crippen LogP contribution in [-0.4, -0.2) is 19.0 Å². The van der Waals surface area contributed by atoms with Crippen LogP contribution in [0.2, 0.25) is 0 Å². The minimum atomic E-state index is 0.305. The minimum absolute atomic E-state index is 0.305. The van der Waals surface area contributed by atoms with E-state index < -0.39 is 0 Å². The van der Waals surface area contributed by atoms with E-state index in [0.29, 0.717) is 28.6 Å². The third-order valence-corrected chi connectivity index (χ3v) is 9.44. The van der Waals surface area contributed by atoms with Crippen LogP contribution in [0, 0.1) is 40.4 Å². The first-order valence-electron chi connectivity index (χ1n) is 10.4. The Kier molecular flexibility index (Phi) is 4.14. The fraction of sp³-hybridized carbons (Fsp3) is 0.955. The van der Waals surface area contributed by atoms with E-state index in [1.165, 1.54) is 51.4 Å². The van der Waals surface area contributed by atoms with Crippen LogP contribution in [0.1, 0.15) is 78.6 Å². The number of ether oxygens (including phenoxy) is 1. The van der Waals surface area contributed by atoms with E-state index in [1.807, 2.05) is 14.0 Å². The molecule has 0 saturated heterocycles. The van der Waals surface area contributed by atoms with Crippen molar-refractivity contribution >= 4 is 5.78 Å². The second-order valence-corrected chi connectivity index (χ2v) is 10.1. The summed E-state index contributed by atoms with van der Waals surface area (Å²) >= 11 is 0. The molecule has 0 aliphatic heterocycles. The fourth-order valence-corrected chi connectivity index (χ4v) is 8.10. The van der Waals surface area contributed by atoms with Crippen LogP contribution in [0.4, 0.5) is 0 Å². The monoisotopic (exact) mass is 332 g/mol. The first kappa shape index (κ1) is 17.1. The zero-order valence-electron chi connectivity index (χ0n) is 16.1. The Hall–Kier alpha value is -0.370. The lowest BCUT2D eigenvalue weighted by Gasteiger charge is -2.61. The van der Waals surface area contributed by atoms with E-state index in [0.717, 1.165) is 30.1 Å². The van der Waals surface area contributed by atoms with Crippen LogP contribution in [0.3, 0.4) is 0 Å². The van der Waals surface area contributed by atoms with E-state index in [2.05, 4.69) is 13.8 Å². The number of hydrogen-bond donors (Lipinski definition) is 0. The Bertz CT molecular complexity index is 514. The van der Waals surface area contributed by atoms with Crippen LogP contribution < -0.4 is 0 Å². The Morgan fingerprint density at radius 1 is 0.917 bits per heavy atom. The van der Waals surface area contributed by atoms with Crippen molar-refractivity contribution < 1.29 is 9.53 Å². The Morgan fingerprint density at radius 2 is 1.62 bits per heavy atom. The third kappa shape index (κ3) is 2.27. The van der Waals surface area contributed by atoms with Crippen LogP contribution in [-0.2, 0) is 9.53 Å². The smallest absolute Gasteiger partial charge is 0.133 e. The lowest BCUT2D eigenvalue weighted by atomic mass is 9.44. The summed E-state index contributed by atoms with van der Waals surface area (Å²) in [6.07, 6.45) is 12.3. The molecule has 0 aromatic heterocycles. The average Bonchev–Trinajstić information content (AvgIpc) is 2.91. The molecule has 0 bridgehead atoms. The number of hydrogen-bond acceptors (Lipinski definition) is 2. The van der Waals surface area contributed by atoms with Crippen molar-refractivity contribution in [2.75, 3.05) is 7.11 Å². The zero-order valence-corrected chi connectivity index (χ0v) is 16.1.